The van der Waals surface area contributed by atoms with E-state index in [9.17, 15) is 4.79 Å². The van der Waals surface area contributed by atoms with Gasteiger partial charge >= 0.3 is 6.03 Å². The van der Waals surface area contributed by atoms with Crippen molar-refractivity contribution in [3.05, 3.63) is 23.9 Å². The molecule has 1 aromatic rings. The van der Waals surface area contributed by atoms with Gasteiger partial charge < -0.3 is 19.9 Å². The third-order valence-corrected chi connectivity index (χ3v) is 4.66. The van der Waals surface area contributed by atoms with E-state index < -0.39 is 0 Å². The number of nitrogens with one attached hydrogen (secondary N) is 1. The minimum atomic E-state index is -0.0256. The van der Waals surface area contributed by atoms with Gasteiger partial charge in [0, 0.05) is 38.9 Å². The van der Waals surface area contributed by atoms with E-state index >= 15 is 0 Å². The van der Waals surface area contributed by atoms with Crippen LogP contribution in [-0.2, 0) is 11.3 Å². The highest BCUT2D eigenvalue weighted by Crippen LogP contribution is 2.21. The molecule has 0 spiro atoms. The molecular formula is C17H26N4O2. The molecule has 2 amide bonds. The zero-order valence-electron chi connectivity index (χ0n) is 13.8. The lowest BCUT2D eigenvalue weighted by Crippen LogP contribution is -2.45. The van der Waals surface area contributed by atoms with Gasteiger partial charge in [0.25, 0.3) is 0 Å². The second-order valence-electron chi connectivity index (χ2n) is 6.45. The summed E-state index contributed by atoms with van der Waals surface area (Å²) in [4.78, 5) is 20.7. The van der Waals surface area contributed by atoms with Gasteiger partial charge in [-0.2, -0.15) is 0 Å². The fraction of sp³-hybridized carbons (Fsp3) is 0.647. The quantitative estimate of drug-likeness (QED) is 0.924. The van der Waals surface area contributed by atoms with Crippen molar-refractivity contribution < 1.29 is 9.53 Å². The summed E-state index contributed by atoms with van der Waals surface area (Å²) in [7, 11) is 0. The number of piperidine rings is 1. The van der Waals surface area contributed by atoms with Gasteiger partial charge in [-0.1, -0.05) is 13.0 Å². The van der Waals surface area contributed by atoms with Crippen LogP contribution in [0.5, 0.6) is 0 Å². The Labute approximate surface area is 137 Å². The number of anilines is 1. The number of hydrogen-bond donors (Lipinski definition) is 1. The van der Waals surface area contributed by atoms with Crippen LogP contribution in [0.25, 0.3) is 0 Å². The Hall–Kier alpha value is -1.82. The van der Waals surface area contributed by atoms with Crippen LogP contribution in [0.1, 0.15) is 25.3 Å². The van der Waals surface area contributed by atoms with Gasteiger partial charge in [0.1, 0.15) is 5.82 Å². The molecule has 23 heavy (non-hydrogen) atoms. The molecule has 2 aliphatic rings. The first kappa shape index (κ1) is 16.1. The summed E-state index contributed by atoms with van der Waals surface area (Å²) in [5, 5.41) is 2.95. The number of amides is 2. The van der Waals surface area contributed by atoms with Crippen molar-refractivity contribution in [3.63, 3.8) is 0 Å². The summed E-state index contributed by atoms with van der Waals surface area (Å²) in [6, 6.07) is 4.09. The fourth-order valence-electron chi connectivity index (χ4n) is 3.00. The lowest BCUT2D eigenvalue weighted by Gasteiger charge is -2.31. The normalized spacial score (nSPS) is 19.7. The van der Waals surface area contributed by atoms with Crippen molar-refractivity contribution in [1.82, 2.24) is 15.2 Å². The molecule has 0 aliphatic carbocycles. The van der Waals surface area contributed by atoms with E-state index in [1.54, 1.807) is 4.90 Å². The van der Waals surface area contributed by atoms with E-state index in [0.717, 1.165) is 30.4 Å². The molecule has 126 valence electrons. The number of morpholine rings is 1. The third kappa shape index (κ3) is 4.34. The number of urea groups is 1. The molecule has 3 rings (SSSR count). The molecule has 0 atom stereocenters. The van der Waals surface area contributed by atoms with Crippen molar-refractivity contribution in [1.29, 1.82) is 0 Å². The minimum Gasteiger partial charge on any atom is -0.378 e. The Morgan fingerprint density at radius 1 is 1.26 bits per heavy atom. The van der Waals surface area contributed by atoms with E-state index in [0.29, 0.717) is 32.8 Å². The van der Waals surface area contributed by atoms with Gasteiger partial charge in [-0.3, -0.25) is 0 Å². The average molecular weight is 318 g/mol. The van der Waals surface area contributed by atoms with E-state index in [-0.39, 0.29) is 6.03 Å². The van der Waals surface area contributed by atoms with Gasteiger partial charge in [0.2, 0.25) is 0 Å². The first-order valence-corrected chi connectivity index (χ1v) is 8.53. The van der Waals surface area contributed by atoms with Crippen molar-refractivity contribution in [3.8, 4) is 0 Å². The molecule has 2 aliphatic heterocycles. The number of nitrogens with zero attached hydrogens (tertiary/aromatic N) is 3. The Kier molecular flexibility index (Phi) is 5.33. The minimum absolute atomic E-state index is 0.0256. The number of aromatic nitrogens is 1. The molecule has 0 unspecified atom stereocenters. The Balaban J connectivity index is 1.48. The number of rotatable bonds is 3. The molecule has 6 heteroatoms. The predicted octanol–water partition coefficient (Wildman–Crippen LogP) is 1.86. The van der Waals surface area contributed by atoms with E-state index in [1.807, 2.05) is 6.20 Å². The molecule has 0 saturated carbocycles. The van der Waals surface area contributed by atoms with Crippen LogP contribution in [0, 0.1) is 5.92 Å². The van der Waals surface area contributed by atoms with Gasteiger partial charge in [-0.05, 0) is 30.4 Å². The Morgan fingerprint density at radius 2 is 2.00 bits per heavy atom. The summed E-state index contributed by atoms with van der Waals surface area (Å²) in [5.41, 5.74) is 1.03. The first-order valence-electron chi connectivity index (χ1n) is 8.53. The highest BCUT2D eigenvalue weighted by molar-refractivity contribution is 5.74. The van der Waals surface area contributed by atoms with E-state index in [2.05, 4.69) is 34.3 Å². The summed E-state index contributed by atoms with van der Waals surface area (Å²) < 4.78 is 5.25. The Bertz CT molecular complexity index is 506. The van der Waals surface area contributed by atoms with Crippen molar-refractivity contribution in [2.24, 2.45) is 5.92 Å². The third-order valence-electron chi connectivity index (χ3n) is 4.66. The Morgan fingerprint density at radius 3 is 2.65 bits per heavy atom. The number of ether oxygens (including phenoxy) is 1. The zero-order valence-corrected chi connectivity index (χ0v) is 13.8. The van der Waals surface area contributed by atoms with Crippen molar-refractivity contribution >= 4 is 11.8 Å². The van der Waals surface area contributed by atoms with Crippen LogP contribution in [0.3, 0.4) is 0 Å². The lowest BCUT2D eigenvalue weighted by atomic mass is 9.99. The molecular weight excluding hydrogens is 292 g/mol. The molecule has 3 heterocycles. The molecule has 2 fully saturated rings. The summed E-state index contributed by atoms with van der Waals surface area (Å²) >= 11 is 0. The summed E-state index contributed by atoms with van der Waals surface area (Å²) in [6.45, 7) is 7.57. The van der Waals surface area contributed by atoms with Crippen LogP contribution in [0.2, 0.25) is 0 Å². The molecule has 0 bridgehead atoms. The van der Waals surface area contributed by atoms with E-state index in [4.69, 9.17) is 4.74 Å². The van der Waals surface area contributed by atoms with Crippen LogP contribution in [0.4, 0.5) is 10.6 Å². The monoisotopic (exact) mass is 318 g/mol. The van der Waals surface area contributed by atoms with Gasteiger partial charge in [-0.25, -0.2) is 9.78 Å². The molecule has 0 aromatic carbocycles. The number of pyridine rings is 1. The van der Waals surface area contributed by atoms with Gasteiger partial charge in [0.05, 0.1) is 13.2 Å². The second kappa shape index (κ2) is 7.64. The summed E-state index contributed by atoms with van der Waals surface area (Å²) in [6.07, 6.45) is 4.34. The number of carbonyl (C=O) groups is 1. The smallest absolute Gasteiger partial charge is 0.317 e. The summed E-state index contributed by atoms with van der Waals surface area (Å²) in [5.74, 6) is 1.86. The molecule has 2 saturated heterocycles. The van der Waals surface area contributed by atoms with Gasteiger partial charge in [-0.15, -0.1) is 0 Å². The first-order chi connectivity index (χ1) is 11.2. The highest BCUT2D eigenvalue weighted by Gasteiger charge is 2.18. The topological polar surface area (TPSA) is 57.7 Å². The van der Waals surface area contributed by atoms with Crippen molar-refractivity contribution in [2.45, 2.75) is 26.3 Å². The van der Waals surface area contributed by atoms with Crippen LogP contribution >= 0.6 is 0 Å². The maximum atomic E-state index is 12.0. The average Bonchev–Trinajstić information content (AvgIpc) is 2.61. The standard InChI is InChI=1S/C17H26N4O2/c1-14-4-6-20(7-5-14)16-3-2-15(12-18-16)13-19-17(22)21-8-10-23-11-9-21/h2-3,12,14H,4-11,13H2,1H3,(H,19,22). The van der Waals surface area contributed by atoms with Crippen LogP contribution in [0.15, 0.2) is 18.3 Å². The van der Waals surface area contributed by atoms with Crippen LogP contribution in [-0.4, -0.2) is 55.3 Å². The highest BCUT2D eigenvalue weighted by atomic mass is 16.5. The van der Waals surface area contributed by atoms with Gasteiger partial charge in [0.15, 0.2) is 0 Å². The van der Waals surface area contributed by atoms with Crippen LogP contribution < -0.4 is 10.2 Å². The molecule has 1 N–H and O–H groups in total. The number of hydrogen-bond acceptors (Lipinski definition) is 4. The second-order valence-corrected chi connectivity index (χ2v) is 6.45. The molecule has 1 aromatic heterocycles. The maximum absolute atomic E-state index is 12.0. The zero-order chi connectivity index (χ0) is 16.1. The molecule has 6 nitrogen and oxygen atoms in total. The predicted molar refractivity (Wildman–Crippen MR) is 89.5 cm³/mol. The maximum Gasteiger partial charge on any atom is 0.317 e. The largest absolute Gasteiger partial charge is 0.378 e. The lowest BCUT2D eigenvalue weighted by molar-refractivity contribution is 0.0531. The van der Waals surface area contributed by atoms with Crippen molar-refractivity contribution in [2.75, 3.05) is 44.3 Å². The number of carbonyl (C=O) groups excluding carboxylic acids is 1. The van der Waals surface area contributed by atoms with E-state index in [1.165, 1.54) is 12.8 Å². The molecule has 0 radical (unpaired) electrons. The SMILES string of the molecule is CC1CCN(c2ccc(CNC(=O)N3CCOCC3)cn2)CC1. The fourth-order valence-corrected chi connectivity index (χ4v) is 3.00.